The van der Waals surface area contributed by atoms with Crippen molar-refractivity contribution in [2.45, 2.75) is 25.2 Å². The summed E-state index contributed by atoms with van der Waals surface area (Å²) in [6, 6.07) is 5.92. The van der Waals surface area contributed by atoms with Crippen molar-refractivity contribution in [1.82, 2.24) is 23.8 Å². The van der Waals surface area contributed by atoms with E-state index in [9.17, 15) is 8.42 Å². The highest BCUT2D eigenvalue weighted by Gasteiger charge is 2.25. The molecule has 1 aliphatic heterocycles. The van der Waals surface area contributed by atoms with Crippen LogP contribution in [0.15, 0.2) is 24.4 Å². The Hall–Kier alpha value is -1.51. The van der Waals surface area contributed by atoms with Gasteiger partial charge in [0.05, 0.1) is 5.75 Å². The number of likely N-dealkylation sites (tertiary alicyclic amines) is 1. The summed E-state index contributed by atoms with van der Waals surface area (Å²) in [7, 11) is 0.0676. The second-order valence-electron chi connectivity index (χ2n) is 6.58. The van der Waals surface area contributed by atoms with Crippen LogP contribution in [0.1, 0.15) is 31.0 Å². The molecule has 0 bridgehead atoms. The van der Waals surface area contributed by atoms with Gasteiger partial charge in [0.15, 0.2) is 5.65 Å². The molecule has 2 aromatic rings. The summed E-state index contributed by atoms with van der Waals surface area (Å²) in [5.74, 6) is 1.56. The highest BCUT2D eigenvalue weighted by molar-refractivity contribution is 7.89. The fourth-order valence-electron chi connectivity index (χ4n) is 3.26. The van der Waals surface area contributed by atoms with Crippen LogP contribution in [0.2, 0.25) is 0 Å². The summed E-state index contributed by atoms with van der Waals surface area (Å²) in [5.41, 5.74) is 0.877. The molecule has 24 heavy (non-hydrogen) atoms. The number of nitrogens with zero attached hydrogens (tertiary/aromatic N) is 5. The molecule has 1 fully saturated rings. The Bertz CT molecular complexity index is 787. The van der Waals surface area contributed by atoms with E-state index in [0.717, 1.165) is 43.9 Å². The Morgan fingerprint density at radius 3 is 2.92 bits per heavy atom. The molecule has 0 N–H and O–H groups in total. The van der Waals surface area contributed by atoms with Gasteiger partial charge in [-0.05, 0) is 44.5 Å². The number of rotatable bonds is 6. The number of hydrogen-bond acceptors (Lipinski definition) is 5. The summed E-state index contributed by atoms with van der Waals surface area (Å²) in [4.78, 5) is 2.35. The molecule has 132 valence electrons. The lowest BCUT2D eigenvalue weighted by Crippen LogP contribution is -2.37. The minimum Gasteiger partial charge on any atom is -0.303 e. The van der Waals surface area contributed by atoms with Crippen LogP contribution in [0.3, 0.4) is 0 Å². The number of sulfonamides is 1. The Labute approximate surface area is 143 Å². The van der Waals surface area contributed by atoms with Gasteiger partial charge in [0.1, 0.15) is 5.82 Å². The Morgan fingerprint density at radius 1 is 1.29 bits per heavy atom. The third-order valence-electron chi connectivity index (χ3n) is 4.64. The van der Waals surface area contributed by atoms with E-state index >= 15 is 0 Å². The summed E-state index contributed by atoms with van der Waals surface area (Å²) in [6.45, 7) is 2.74. The summed E-state index contributed by atoms with van der Waals surface area (Å²) in [6.07, 6.45) is 4.87. The maximum absolute atomic E-state index is 11.9. The third kappa shape index (κ3) is 3.76. The monoisotopic (exact) mass is 351 g/mol. The molecule has 0 aliphatic carbocycles. The van der Waals surface area contributed by atoms with Crippen molar-refractivity contribution in [2.75, 3.05) is 39.5 Å². The quantitative estimate of drug-likeness (QED) is 0.782. The smallest absolute Gasteiger partial charge is 0.213 e. The first-order chi connectivity index (χ1) is 11.5. The van der Waals surface area contributed by atoms with Crippen molar-refractivity contribution in [3.05, 3.63) is 30.2 Å². The molecule has 7 nitrogen and oxygen atoms in total. The van der Waals surface area contributed by atoms with Gasteiger partial charge in [0.25, 0.3) is 0 Å². The van der Waals surface area contributed by atoms with Crippen LogP contribution in [0.5, 0.6) is 0 Å². The van der Waals surface area contributed by atoms with Gasteiger partial charge in [-0.1, -0.05) is 6.07 Å². The molecule has 3 heterocycles. The Balaban J connectivity index is 1.61. The lowest BCUT2D eigenvalue weighted by atomic mass is 9.97. The van der Waals surface area contributed by atoms with Crippen LogP contribution in [0.25, 0.3) is 5.65 Å². The first kappa shape index (κ1) is 17.3. The topological polar surface area (TPSA) is 70.8 Å². The zero-order valence-corrected chi connectivity index (χ0v) is 15.1. The summed E-state index contributed by atoms with van der Waals surface area (Å²) in [5, 5.41) is 8.62. The largest absolute Gasteiger partial charge is 0.303 e. The highest BCUT2D eigenvalue weighted by atomic mass is 32.2. The number of aromatic nitrogens is 3. The second-order valence-corrected chi connectivity index (χ2v) is 8.88. The van der Waals surface area contributed by atoms with Crippen molar-refractivity contribution >= 4 is 15.7 Å². The normalized spacial score (nSPS) is 20.0. The maximum Gasteiger partial charge on any atom is 0.213 e. The van der Waals surface area contributed by atoms with Crippen molar-refractivity contribution in [3.63, 3.8) is 0 Å². The standard InChI is InChI=1S/C16H25N5O2S/c1-19(2)24(22,23)12-6-10-20-9-5-7-14(13-20)16-18-17-15-8-3-4-11-21(15)16/h3-4,8,11,14H,5-7,9-10,12-13H2,1-2H3. The van der Waals surface area contributed by atoms with Gasteiger partial charge < -0.3 is 4.90 Å². The molecule has 0 amide bonds. The predicted molar refractivity (Wildman–Crippen MR) is 93.5 cm³/mol. The first-order valence-corrected chi connectivity index (χ1v) is 10.0. The van der Waals surface area contributed by atoms with E-state index in [4.69, 9.17) is 0 Å². The molecule has 2 aromatic heterocycles. The molecule has 0 saturated carbocycles. The van der Waals surface area contributed by atoms with Gasteiger partial charge in [0.2, 0.25) is 10.0 Å². The molecule has 1 saturated heterocycles. The minimum atomic E-state index is -3.10. The van der Waals surface area contributed by atoms with E-state index in [1.807, 2.05) is 24.4 Å². The lowest BCUT2D eigenvalue weighted by Gasteiger charge is -2.31. The number of fused-ring (bicyclic) bond motifs is 1. The predicted octanol–water partition coefficient (Wildman–Crippen LogP) is 1.19. The lowest BCUT2D eigenvalue weighted by molar-refractivity contribution is 0.204. The van der Waals surface area contributed by atoms with Crippen molar-refractivity contribution < 1.29 is 8.42 Å². The third-order valence-corrected chi connectivity index (χ3v) is 6.56. The molecule has 1 unspecified atom stereocenters. The van der Waals surface area contributed by atoms with Gasteiger partial charge in [-0.25, -0.2) is 12.7 Å². The average Bonchev–Trinajstić information content (AvgIpc) is 2.99. The Morgan fingerprint density at radius 2 is 2.12 bits per heavy atom. The van der Waals surface area contributed by atoms with Crippen LogP contribution < -0.4 is 0 Å². The van der Waals surface area contributed by atoms with Gasteiger partial charge in [0, 0.05) is 32.8 Å². The minimum absolute atomic E-state index is 0.203. The average molecular weight is 351 g/mol. The van der Waals surface area contributed by atoms with Crippen molar-refractivity contribution in [2.24, 2.45) is 0 Å². The molecule has 3 rings (SSSR count). The number of pyridine rings is 1. The van der Waals surface area contributed by atoms with Crippen LogP contribution in [0.4, 0.5) is 0 Å². The van der Waals surface area contributed by atoms with Crippen LogP contribution in [-0.4, -0.2) is 71.7 Å². The SMILES string of the molecule is CN(C)S(=O)(=O)CCCN1CCCC(c2nnc3ccccn23)C1. The second kappa shape index (κ2) is 7.16. The maximum atomic E-state index is 11.9. The van der Waals surface area contributed by atoms with Gasteiger partial charge in [-0.2, -0.15) is 0 Å². The molecule has 8 heteroatoms. The van der Waals surface area contributed by atoms with Gasteiger partial charge in [-0.3, -0.25) is 4.40 Å². The Kier molecular flexibility index (Phi) is 5.17. The van der Waals surface area contributed by atoms with Crippen molar-refractivity contribution in [1.29, 1.82) is 0 Å². The zero-order valence-electron chi connectivity index (χ0n) is 14.3. The molecular formula is C16H25N5O2S. The van der Waals surface area contributed by atoms with E-state index < -0.39 is 10.0 Å². The van der Waals surface area contributed by atoms with E-state index in [0.29, 0.717) is 12.3 Å². The summed E-state index contributed by atoms with van der Waals surface area (Å²) >= 11 is 0. The fraction of sp³-hybridized carbons (Fsp3) is 0.625. The van der Waals surface area contributed by atoms with Crippen LogP contribution >= 0.6 is 0 Å². The molecule has 0 aromatic carbocycles. The molecular weight excluding hydrogens is 326 g/mol. The van der Waals surface area contributed by atoms with E-state index in [1.165, 1.54) is 4.31 Å². The van der Waals surface area contributed by atoms with Crippen molar-refractivity contribution in [3.8, 4) is 0 Å². The molecule has 0 radical (unpaired) electrons. The van der Waals surface area contributed by atoms with E-state index in [2.05, 4.69) is 19.5 Å². The van der Waals surface area contributed by atoms with Gasteiger partial charge in [-0.15, -0.1) is 10.2 Å². The number of hydrogen-bond donors (Lipinski definition) is 0. The molecule has 1 aliphatic rings. The van der Waals surface area contributed by atoms with Crippen LogP contribution in [-0.2, 0) is 10.0 Å². The number of piperidine rings is 1. The zero-order chi connectivity index (χ0) is 17.2. The fourth-order valence-corrected chi connectivity index (χ4v) is 4.12. The van der Waals surface area contributed by atoms with E-state index in [1.54, 1.807) is 14.1 Å². The van der Waals surface area contributed by atoms with Gasteiger partial charge >= 0.3 is 0 Å². The molecule has 0 spiro atoms. The van der Waals surface area contributed by atoms with E-state index in [-0.39, 0.29) is 5.75 Å². The highest BCUT2D eigenvalue weighted by Crippen LogP contribution is 2.26. The molecule has 1 atom stereocenters. The summed E-state index contributed by atoms with van der Waals surface area (Å²) < 4.78 is 27.1. The first-order valence-electron chi connectivity index (χ1n) is 8.39. The van der Waals surface area contributed by atoms with Crippen LogP contribution in [0, 0.1) is 0 Å².